The number of carbonyl (C=O) groups is 2. The molecule has 204 valence electrons. The number of aryl methyl sites for hydroxylation is 2. The third kappa shape index (κ3) is 8.47. The molecular weight excluding hydrogens is 527 g/mol. The molecule has 0 aliphatic carbocycles. The molecule has 0 saturated carbocycles. The van der Waals surface area contributed by atoms with E-state index in [9.17, 15) is 31.5 Å². The Morgan fingerprint density at radius 1 is 1.00 bits per heavy atom. The molecule has 38 heavy (non-hydrogen) atoms. The number of anilines is 2. The van der Waals surface area contributed by atoms with Gasteiger partial charge in [0.1, 0.15) is 0 Å². The molecule has 3 rings (SSSR count). The summed E-state index contributed by atoms with van der Waals surface area (Å²) in [5.74, 6) is -3.58. The fourth-order valence-corrected chi connectivity index (χ4v) is 4.57. The summed E-state index contributed by atoms with van der Waals surface area (Å²) in [4.78, 5) is 26.7. The molecule has 1 aromatic heterocycles. The van der Waals surface area contributed by atoms with Gasteiger partial charge in [-0.15, -0.1) is 0 Å². The minimum Gasteiger partial charge on any atom is -0.478 e. The lowest BCUT2D eigenvalue weighted by Crippen LogP contribution is -2.26. The Kier molecular flexibility index (Phi) is 9.83. The second-order valence-electron chi connectivity index (χ2n) is 8.13. The van der Waals surface area contributed by atoms with Crippen molar-refractivity contribution in [3.63, 3.8) is 0 Å². The van der Waals surface area contributed by atoms with Gasteiger partial charge in [-0.3, -0.25) is 4.72 Å². The lowest BCUT2D eigenvalue weighted by Gasteiger charge is -2.25. The summed E-state index contributed by atoms with van der Waals surface area (Å²) in [6.45, 7) is 6.62. The number of nitrogens with zero attached hydrogens (tertiary/aromatic N) is 2. The molecule has 0 bridgehead atoms. The molecule has 13 heteroatoms. The summed E-state index contributed by atoms with van der Waals surface area (Å²) in [5.41, 5.74) is 2.68. The van der Waals surface area contributed by atoms with Crippen LogP contribution in [-0.4, -0.2) is 48.3 Å². The van der Waals surface area contributed by atoms with Gasteiger partial charge in [-0.2, -0.15) is 13.2 Å². The van der Waals surface area contributed by atoms with E-state index in [1.165, 1.54) is 12.3 Å². The second-order valence-corrected chi connectivity index (χ2v) is 9.81. The van der Waals surface area contributed by atoms with Crippen LogP contribution >= 0.6 is 0 Å². The van der Waals surface area contributed by atoms with Gasteiger partial charge in [0.25, 0.3) is 10.0 Å². The SMILES string of the molecule is CCN(Cc1ccccc1)c1ncc(C(=O)O)cc1NS(=O)(=O)c1cc(C)cc(C)c1.O=C(O)C(F)(F)F. The molecule has 2 aromatic carbocycles. The number of aromatic carboxylic acids is 1. The molecule has 0 fully saturated rings. The van der Waals surface area contributed by atoms with Gasteiger partial charge in [-0.05, 0) is 55.7 Å². The predicted octanol–water partition coefficient (Wildman–Crippen LogP) is 4.86. The number of halogens is 3. The predicted molar refractivity (Wildman–Crippen MR) is 135 cm³/mol. The average molecular weight is 554 g/mol. The third-order valence-corrected chi connectivity index (χ3v) is 6.35. The third-order valence-electron chi connectivity index (χ3n) is 5.00. The van der Waals surface area contributed by atoms with Crippen LogP contribution in [0.4, 0.5) is 24.7 Å². The normalized spacial score (nSPS) is 11.2. The van der Waals surface area contributed by atoms with Gasteiger partial charge in [-0.1, -0.05) is 36.4 Å². The molecule has 0 spiro atoms. The maximum atomic E-state index is 13.1. The molecule has 3 aromatic rings. The highest BCUT2D eigenvalue weighted by Gasteiger charge is 2.38. The molecule has 0 aliphatic heterocycles. The topological polar surface area (TPSA) is 137 Å². The van der Waals surface area contributed by atoms with Gasteiger partial charge in [0.15, 0.2) is 5.82 Å². The van der Waals surface area contributed by atoms with Crippen LogP contribution < -0.4 is 9.62 Å². The van der Waals surface area contributed by atoms with Crippen LogP contribution in [0.5, 0.6) is 0 Å². The van der Waals surface area contributed by atoms with Crippen molar-refractivity contribution in [2.24, 2.45) is 0 Å². The molecule has 0 aliphatic rings. The maximum absolute atomic E-state index is 13.1. The Labute approximate surface area is 217 Å². The molecule has 0 atom stereocenters. The Balaban J connectivity index is 0.000000638. The Morgan fingerprint density at radius 2 is 1.55 bits per heavy atom. The fourth-order valence-electron chi connectivity index (χ4n) is 3.33. The van der Waals surface area contributed by atoms with Gasteiger partial charge < -0.3 is 15.1 Å². The van der Waals surface area contributed by atoms with Gasteiger partial charge in [0, 0.05) is 19.3 Å². The van der Waals surface area contributed by atoms with Crippen LogP contribution in [0.2, 0.25) is 0 Å². The van der Waals surface area contributed by atoms with Crippen LogP contribution in [-0.2, 0) is 21.4 Å². The number of carboxylic acids is 2. The summed E-state index contributed by atoms with van der Waals surface area (Å²) in [5, 5.41) is 16.5. The molecule has 0 radical (unpaired) electrons. The zero-order chi connectivity index (χ0) is 28.7. The zero-order valence-corrected chi connectivity index (χ0v) is 21.5. The Hall–Kier alpha value is -4.13. The number of hydrogen-bond acceptors (Lipinski definition) is 6. The first-order valence-electron chi connectivity index (χ1n) is 11.1. The Bertz CT molecular complexity index is 1380. The van der Waals surface area contributed by atoms with Crippen molar-refractivity contribution < 1.29 is 41.4 Å². The van der Waals surface area contributed by atoms with E-state index in [4.69, 9.17) is 9.90 Å². The molecule has 3 N–H and O–H groups in total. The minimum absolute atomic E-state index is 0.0994. The number of alkyl halides is 3. The minimum atomic E-state index is -5.08. The quantitative estimate of drug-likeness (QED) is 0.360. The monoisotopic (exact) mass is 553 g/mol. The number of nitrogens with one attached hydrogen (secondary N) is 1. The highest BCUT2D eigenvalue weighted by molar-refractivity contribution is 7.92. The summed E-state index contributed by atoms with van der Waals surface area (Å²) in [7, 11) is -3.95. The smallest absolute Gasteiger partial charge is 0.478 e. The lowest BCUT2D eigenvalue weighted by molar-refractivity contribution is -0.192. The summed E-state index contributed by atoms with van der Waals surface area (Å²) < 4.78 is 60.5. The number of aliphatic carboxylic acids is 1. The number of hydrogen-bond donors (Lipinski definition) is 3. The summed E-state index contributed by atoms with van der Waals surface area (Å²) in [6, 6.07) is 16.0. The number of pyridine rings is 1. The van der Waals surface area contributed by atoms with E-state index < -0.39 is 28.1 Å². The van der Waals surface area contributed by atoms with Gasteiger partial charge in [-0.25, -0.2) is 23.0 Å². The van der Waals surface area contributed by atoms with Crippen LogP contribution in [0.15, 0.2) is 65.7 Å². The van der Waals surface area contributed by atoms with Crippen molar-refractivity contribution in [3.8, 4) is 0 Å². The van der Waals surface area contributed by atoms with E-state index >= 15 is 0 Å². The van der Waals surface area contributed by atoms with E-state index in [1.54, 1.807) is 12.1 Å². The van der Waals surface area contributed by atoms with E-state index in [1.807, 2.05) is 62.1 Å². The second kappa shape index (κ2) is 12.4. The van der Waals surface area contributed by atoms with Crippen LogP contribution in [0.3, 0.4) is 0 Å². The molecule has 9 nitrogen and oxygen atoms in total. The Morgan fingerprint density at radius 3 is 2.03 bits per heavy atom. The highest BCUT2D eigenvalue weighted by Crippen LogP contribution is 2.29. The number of sulfonamides is 1. The van der Waals surface area contributed by atoms with Crippen molar-refractivity contribution in [3.05, 3.63) is 83.0 Å². The first-order chi connectivity index (χ1) is 17.6. The van der Waals surface area contributed by atoms with E-state index in [2.05, 4.69) is 9.71 Å². The van der Waals surface area contributed by atoms with Crippen molar-refractivity contribution in [2.45, 2.75) is 38.4 Å². The standard InChI is InChI=1S/C23H25N3O4S.C2HF3O2/c1-4-26(15-18-8-6-5-7-9-18)22-21(13-19(14-24-22)23(27)28)25-31(29,30)20-11-16(2)10-17(3)12-20;3-2(4,5)1(6)7/h5-14,25H,4,15H2,1-3H3,(H,27,28);(H,6,7). The van der Waals surface area contributed by atoms with Crippen molar-refractivity contribution >= 4 is 33.5 Å². The van der Waals surface area contributed by atoms with Crippen LogP contribution in [0.1, 0.15) is 34.0 Å². The van der Waals surface area contributed by atoms with Gasteiger partial charge in [0.05, 0.1) is 16.1 Å². The number of aromatic nitrogens is 1. The van der Waals surface area contributed by atoms with Crippen LogP contribution in [0.25, 0.3) is 0 Å². The molecule has 0 amide bonds. The number of rotatable bonds is 8. The first-order valence-corrected chi connectivity index (χ1v) is 12.6. The molecule has 0 saturated heterocycles. The van der Waals surface area contributed by atoms with Crippen molar-refractivity contribution in [1.29, 1.82) is 0 Å². The van der Waals surface area contributed by atoms with E-state index in [-0.39, 0.29) is 16.1 Å². The molecular formula is C25H26F3N3O6S. The molecule has 1 heterocycles. The average Bonchev–Trinajstić information content (AvgIpc) is 2.82. The zero-order valence-electron chi connectivity index (χ0n) is 20.7. The van der Waals surface area contributed by atoms with Gasteiger partial charge in [0.2, 0.25) is 0 Å². The molecule has 0 unspecified atom stereocenters. The largest absolute Gasteiger partial charge is 0.490 e. The number of benzene rings is 2. The van der Waals surface area contributed by atoms with E-state index in [0.29, 0.717) is 18.9 Å². The lowest BCUT2D eigenvalue weighted by atomic mass is 10.2. The van der Waals surface area contributed by atoms with Crippen molar-refractivity contribution in [1.82, 2.24) is 4.98 Å². The highest BCUT2D eigenvalue weighted by atomic mass is 32.2. The first kappa shape index (κ1) is 30.1. The van der Waals surface area contributed by atoms with Gasteiger partial charge >= 0.3 is 18.1 Å². The summed E-state index contributed by atoms with van der Waals surface area (Å²) in [6.07, 6.45) is -3.85. The van der Waals surface area contributed by atoms with Crippen molar-refractivity contribution in [2.75, 3.05) is 16.2 Å². The van der Waals surface area contributed by atoms with Crippen LogP contribution in [0, 0.1) is 13.8 Å². The fraction of sp³-hybridized carbons (Fsp3) is 0.240. The van der Waals surface area contributed by atoms with E-state index in [0.717, 1.165) is 16.7 Å². The summed E-state index contributed by atoms with van der Waals surface area (Å²) >= 11 is 0. The maximum Gasteiger partial charge on any atom is 0.490 e. The number of carboxylic acid groups (broad SMARTS) is 2.